The monoisotopic (exact) mass is 123 g/mol. The summed E-state index contributed by atoms with van der Waals surface area (Å²) >= 11 is 1.67. The van der Waals surface area contributed by atoms with Gasteiger partial charge in [-0.05, 0) is 6.07 Å². The zero-order valence-electron chi connectivity index (χ0n) is 4.22. The van der Waals surface area contributed by atoms with Crippen LogP contribution in [0.25, 0.3) is 10.4 Å². The molecule has 0 spiro atoms. The summed E-state index contributed by atoms with van der Waals surface area (Å²) in [6.45, 7) is 0. The van der Waals surface area contributed by atoms with Crippen LogP contribution in [0.15, 0.2) is 24.4 Å². The third-order valence-corrected chi connectivity index (χ3v) is 2.02. The normalized spacial score (nSPS) is 10.5. The molecule has 2 aliphatic rings. The molecule has 2 heteroatoms. The number of hydrogen-bond acceptors (Lipinski definition) is 1. The van der Waals surface area contributed by atoms with Gasteiger partial charge in [-0.2, -0.15) is 0 Å². The molecular formula is C6H5NS. The largest absolute Gasteiger partial charge is 0.317 e. The van der Waals surface area contributed by atoms with Crippen LogP contribution in [0.5, 0.6) is 0 Å². The van der Waals surface area contributed by atoms with Gasteiger partial charge >= 0.3 is 0 Å². The molecule has 1 nitrogen and oxygen atoms in total. The summed E-state index contributed by atoms with van der Waals surface area (Å²) in [5, 5.41) is 0. The predicted molar refractivity (Wildman–Crippen MR) is 35.3 cm³/mol. The van der Waals surface area contributed by atoms with Crippen LogP contribution in [0.2, 0.25) is 0 Å². The van der Waals surface area contributed by atoms with Crippen molar-refractivity contribution in [3.8, 4) is 10.4 Å². The summed E-state index contributed by atoms with van der Waals surface area (Å²) in [6.07, 6.45) is 2.01. The molecule has 0 aromatic rings. The van der Waals surface area contributed by atoms with Gasteiger partial charge in [-0.15, -0.1) is 0 Å². The van der Waals surface area contributed by atoms with Crippen molar-refractivity contribution in [3.05, 3.63) is 24.4 Å². The topological polar surface area (TPSA) is 15.8 Å². The van der Waals surface area contributed by atoms with Gasteiger partial charge in [-0.25, -0.2) is 0 Å². The van der Waals surface area contributed by atoms with Crippen LogP contribution in [0, 0.1) is 0 Å². The summed E-state index contributed by atoms with van der Waals surface area (Å²) in [7, 11) is 0. The van der Waals surface area contributed by atoms with E-state index in [9.17, 15) is 0 Å². The van der Waals surface area contributed by atoms with E-state index in [0.717, 1.165) is 0 Å². The SMILES string of the molecule is c1cc2c[nH]sc-2c1. The van der Waals surface area contributed by atoms with Gasteiger partial charge in [-0.1, -0.05) is 23.7 Å². The van der Waals surface area contributed by atoms with Gasteiger partial charge in [0.1, 0.15) is 0 Å². The number of rotatable bonds is 0. The van der Waals surface area contributed by atoms with Crippen molar-refractivity contribution in [1.29, 1.82) is 0 Å². The van der Waals surface area contributed by atoms with E-state index in [2.05, 4.69) is 22.6 Å². The Bertz CT molecular complexity index is 200. The van der Waals surface area contributed by atoms with Gasteiger partial charge in [-0.3, -0.25) is 0 Å². The Morgan fingerprint density at radius 1 is 1.38 bits per heavy atom. The first-order valence-electron chi connectivity index (χ1n) is 2.48. The van der Waals surface area contributed by atoms with E-state index in [0.29, 0.717) is 0 Å². The molecule has 8 heavy (non-hydrogen) atoms. The maximum Gasteiger partial charge on any atom is 0.0528 e. The molecule has 0 fully saturated rings. The highest BCUT2D eigenvalue weighted by Gasteiger charge is 1.99. The second-order valence-corrected chi connectivity index (χ2v) is 2.59. The van der Waals surface area contributed by atoms with E-state index in [1.165, 1.54) is 10.4 Å². The quantitative estimate of drug-likeness (QED) is 0.552. The van der Waals surface area contributed by atoms with E-state index in [1.54, 1.807) is 11.5 Å². The van der Waals surface area contributed by atoms with Crippen LogP contribution in [0.3, 0.4) is 0 Å². The Hall–Kier alpha value is -0.760. The van der Waals surface area contributed by atoms with Crippen molar-refractivity contribution in [2.75, 3.05) is 0 Å². The van der Waals surface area contributed by atoms with Crippen molar-refractivity contribution in [2.24, 2.45) is 0 Å². The average molecular weight is 123 g/mol. The second-order valence-electron chi connectivity index (χ2n) is 1.71. The number of aromatic amines is 1. The molecule has 0 saturated heterocycles. The van der Waals surface area contributed by atoms with E-state index in [1.807, 2.05) is 6.20 Å². The Balaban J connectivity index is 2.84. The third kappa shape index (κ3) is 0.406. The lowest BCUT2D eigenvalue weighted by atomic mass is 10.3. The summed E-state index contributed by atoms with van der Waals surface area (Å²) < 4.78 is 3.06. The predicted octanol–water partition coefficient (Wildman–Crippen LogP) is 2.18. The van der Waals surface area contributed by atoms with Crippen molar-refractivity contribution in [3.63, 3.8) is 0 Å². The molecule has 0 atom stereocenters. The first-order chi connectivity index (χ1) is 3.97. The molecule has 1 aliphatic heterocycles. The molecule has 0 bridgehead atoms. The van der Waals surface area contributed by atoms with E-state index < -0.39 is 0 Å². The molecule has 0 unspecified atom stereocenters. The lowest BCUT2D eigenvalue weighted by Gasteiger charge is -1.75. The first-order valence-corrected chi connectivity index (χ1v) is 3.30. The molecule has 40 valence electrons. The minimum Gasteiger partial charge on any atom is -0.317 e. The fourth-order valence-electron chi connectivity index (χ4n) is 0.786. The molecule has 0 amide bonds. The van der Waals surface area contributed by atoms with Crippen LogP contribution in [0.4, 0.5) is 0 Å². The van der Waals surface area contributed by atoms with Crippen molar-refractivity contribution in [2.45, 2.75) is 0 Å². The first kappa shape index (κ1) is 4.15. The number of nitrogens with one attached hydrogen (secondary N) is 1. The van der Waals surface area contributed by atoms with Crippen LogP contribution < -0.4 is 0 Å². The second kappa shape index (κ2) is 1.36. The van der Waals surface area contributed by atoms with Gasteiger partial charge in [0.05, 0.1) is 4.88 Å². The minimum absolute atomic E-state index is 1.31. The van der Waals surface area contributed by atoms with Crippen LogP contribution in [-0.2, 0) is 0 Å². The van der Waals surface area contributed by atoms with Gasteiger partial charge in [0.15, 0.2) is 0 Å². The third-order valence-electron chi connectivity index (χ3n) is 1.19. The fourth-order valence-corrected chi connectivity index (χ4v) is 1.49. The smallest absolute Gasteiger partial charge is 0.0528 e. The number of H-pyrrole nitrogens is 1. The molecule has 1 heterocycles. The van der Waals surface area contributed by atoms with Crippen LogP contribution in [0.1, 0.15) is 0 Å². The zero-order chi connectivity index (χ0) is 5.40. The average Bonchev–Trinajstić information content (AvgIpc) is 2.15. The summed E-state index contributed by atoms with van der Waals surface area (Å²) in [5.41, 5.74) is 1.31. The summed E-state index contributed by atoms with van der Waals surface area (Å²) in [6, 6.07) is 6.27. The standard InChI is InChI=1S/C6H5NS/c1-2-5-4-7-8-6(5)3-1/h1-4,7H. The van der Waals surface area contributed by atoms with Crippen molar-refractivity contribution >= 4 is 11.5 Å². The summed E-state index contributed by atoms with van der Waals surface area (Å²) in [5.74, 6) is 0. The molecule has 2 rings (SSSR count). The molecule has 0 aromatic carbocycles. The van der Waals surface area contributed by atoms with E-state index in [-0.39, 0.29) is 0 Å². The number of fused-ring (bicyclic) bond motifs is 1. The molecular weight excluding hydrogens is 118 g/mol. The Morgan fingerprint density at radius 2 is 2.38 bits per heavy atom. The number of aromatic nitrogens is 1. The van der Waals surface area contributed by atoms with Gasteiger partial charge in [0.25, 0.3) is 0 Å². The molecule has 0 saturated carbocycles. The Morgan fingerprint density at radius 3 is 3.25 bits per heavy atom. The highest BCUT2D eigenvalue weighted by atomic mass is 32.1. The molecule has 0 radical (unpaired) electrons. The maximum absolute atomic E-state index is 3.06. The van der Waals surface area contributed by atoms with E-state index >= 15 is 0 Å². The Labute approximate surface area is 51.5 Å². The van der Waals surface area contributed by atoms with Gasteiger partial charge < -0.3 is 4.37 Å². The number of hydrogen-bond donors (Lipinski definition) is 1. The van der Waals surface area contributed by atoms with E-state index in [4.69, 9.17) is 0 Å². The highest BCUT2D eigenvalue weighted by molar-refractivity contribution is 7.09. The molecule has 1 N–H and O–H groups in total. The van der Waals surface area contributed by atoms with Gasteiger partial charge in [0, 0.05) is 11.8 Å². The van der Waals surface area contributed by atoms with Crippen molar-refractivity contribution < 1.29 is 0 Å². The van der Waals surface area contributed by atoms with Gasteiger partial charge in [0.2, 0.25) is 0 Å². The van der Waals surface area contributed by atoms with Crippen molar-refractivity contribution in [1.82, 2.24) is 4.37 Å². The maximum atomic E-state index is 3.06. The zero-order valence-corrected chi connectivity index (χ0v) is 5.03. The molecule has 0 aromatic heterocycles. The minimum atomic E-state index is 1.31. The summed E-state index contributed by atoms with van der Waals surface area (Å²) in [4.78, 5) is 1.34. The lowest BCUT2D eigenvalue weighted by Crippen LogP contribution is -1.50. The fraction of sp³-hybridized carbons (Fsp3) is 0. The highest BCUT2D eigenvalue weighted by Crippen LogP contribution is 2.25. The van der Waals surface area contributed by atoms with Crippen LogP contribution in [-0.4, -0.2) is 4.37 Å². The van der Waals surface area contributed by atoms with Crippen LogP contribution >= 0.6 is 11.5 Å². The lowest BCUT2D eigenvalue weighted by molar-refractivity contribution is 1.59. The molecule has 1 aliphatic carbocycles. The Kier molecular flexibility index (Phi) is 0.704.